The van der Waals surface area contributed by atoms with E-state index >= 15 is 0 Å². The highest BCUT2D eigenvalue weighted by Gasteiger charge is 2.48. The minimum absolute atomic E-state index is 0.00678. The molecule has 1 unspecified atom stereocenters. The molecule has 2 heterocycles. The Bertz CT molecular complexity index is 3570. The molecule has 42 N–H and O–H groups in total. The normalized spacial score (nSPS) is 16.1. The summed E-state index contributed by atoms with van der Waals surface area (Å²) in [7, 11) is -4.94. The van der Waals surface area contributed by atoms with E-state index in [2.05, 4.69) is 103 Å². The zero-order chi connectivity index (χ0) is 90.6. The van der Waals surface area contributed by atoms with Crippen LogP contribution in [-0.4, -0.2) is 329 Å². The molecular weight excluding hydrogens is 1610 g/mol. The van der Waals surface area contributed by atoms with Crippen molar-refractivity contribution < 1.29 is 67.1 Å². The number of hydrazine groups is 1. The Kier molecular flexibility index (Phi) is 50.9. The van der Waals surface area contributed by atoms with Crippen molar-refractivity contribution in [2.24, 2.45) is 132 Å². The summed E-state index contributed by atoms with van der Waals surface area (Å²) in [4.78, 5) is 219. The van der Waals surface area contributed by atoms with Gasteiger partial charge in [-0.3, -0.25) is 97.7 Å². The van der Waals surface area contributed by atoms with Crippen molar-refractivity contribution in [3.05, 3.63) is 0 Å². The van der Waals surface area contributed by atoms with Crippen molar-refractivity contribution in [3.63, 3.8) is 0 Å². The monoisotopic (exact) mass is 1740 g/mol. The first kappa shape index (κ1) is 106. The van der Waals surface area contributed by atoms with E-state index in [9.17, 15) is 67.1 Å². The number of hydrogen-bond acceptors (Lipinski definition) is 27. The second-order valence-electron chi connectivity index (χ2n) is 28.4. The van der Waals surface area contributed by atoms with Crippen molar-refractivity contribution in [1.82, 2.24) is 77.9 Å². The van der Waals surface area contributed by atoms with Crippen molar-refractivity contribution in [3.8, 4) is 0 Å². The van der Waals surface area contributed by atoms with Crippen LogP contribution in [0.25, 0.3) is 0 Å². The zero-order valence-corrected chi connectivity index (χ0v) is 70.0. The fourth-order valence-corrected chi connectivity index (χ4v) is 12.8. The van der Waals surface area contributed by atoms with E-state index in [1.54, 1.807) is 4.90 Å². The summed E-state index contributed by atoms with van der Waals surface area (Å²) in [6.07, 6.45) is -2.22. The minimum Gasteiger partial charge on any atom is -0.810 e. The number of aldehydes is 1. The van der Waals surface area contributed by atoms with Gasteiger partial charge in [-0.15, -0.1) is 0 Å². The molecule has 0 aromatic heterocycles. The Morgan fingerprint density at radius 1 is 0.372 bits per heavy atom. The number of aliphatic imine (C=N–C) groups is 8. The van der Waals surface area contributed by atoms with Crippen LogP contribution in [0.2, 0.25) is 0 Å². The lowest BCUT2D eigenvalue weighted by atomic mass is 10.0. The zero-order valence-electron chi connectivity index (χ0n) is 69.2. The van der Waals surface area contributed by atoms with Crippen LogP contribution in [0.15, 0.2) is 39.9 Å². The van der Waals surface area contributed by atoms with Gasteiger partial charge in [0.25, 0.3) is 5.91 Å². The number of nitrogens with two attached hydrogens (primary N) is 16. The molecule has 2 saturated heterocycles. The second kappa shape index (κ2) is 58.4. The van der Waals surface area contributed by atoms with Gasteiger partial charge in [0.1, 0.15) is 48.6 Å². The van der Waals surface area contributed by atoms with Crippen LogP contribution in [0, 0.1) is 0 Å². The van der Waals surface area contributed by atoms with Gasteiger partial charge in [0.15, 0.2) is 47.7 Å². The molecule has 2 rings (SSSR count). The van der Waals surface area contributed by atoms with Crippen LogP contribution in [0.3, 0.4) is 0 Å². The molecule has 53 nitrogen and oxygen atoms in total. The Labute approximate surface area is 703 Å². The highest BCUT2D eigenvalue weighted by Crippen LogP contribution is 2.24. The predicted octanol–water partition coefficient (Wildman–Crippen LogP) is -15.6. The van der Waals surface area contributed by atoms with Crippen LogP contribution >= 0.6 is 7.60 Å². The van der Waals surface area contributed by atoms with Gasteiger partial charge in [-0.2, -0.15) is 0 Å². The van der Waals surface area contributed by atoms with Crippen LogP contribution in [0.5, 0.6) is 0 Å². The highest BCUT2D eigenvalue weighted by atomic mass is 31.2. The van der Waals surface area contributed by atoms with E-state index in [-0.39, 0.29) is 222 Å². The maximum absolute atomic E-state index is 15.0. The number of nitrogens with one attached hydrogen (secondary N) is 10. The molecule has 0 radical (unpaired) electrons. The lowest BCUT2D eigenvalue weighted by molar-refractivity contribution is -0.315. The molecule has 0 spiro atoms. The van der Waals surface area contributed by atoms with Gasteiger partial charge >= 0.3 is 0 Å². The highest BCUT2D eigenvalue weighted by molar-refractivity contribution is 7.48. The summed E-state index contributed by atoms with van der Waals surface area (Å²) in [6, 6.07) is -11.7. The van der Waals surface area contributed by atoms with Gasteiger partial charge in [0.2, 0.25) is 59.3 Å². The SMILES string of the molecule is CCN1CCN(CC)CCN(CP(=O)([O-])[O-])CCN(CC(=O)NC2C(=O)N2NCC(=O)N[C@H](CCCN=C(N)N)C(=O)N[C@@H](CCCN=C(N)N)C(=O)N[C@@H](CCCN=C(N)N)C(=O)N[C@@H](CCCN=C(N)N)C(=O)N[C@@H](CCCN=C(N)N)C(=O)N[C@H](CCCN=C(N)N)C(=O)N[C@@H](CCCN=C(N)N)C(=O)N[C@@H](C=O)CCCN=C(N)N)CC1. The Hall–Kier alpha value is -11.5. The van der Waals surface area contributed by atoms with E-state index < -0.39 is 134 Å². The third-order valence-electron chi connectivity index (χ3n) is 18.5. The van der Waals surface area contributed by atoms with Crippen LogP contribution in [0.4, 0.5) is 0 Å². The molecule has 0 aromatic carbocycles. The number of rotatable bonds is 58. The van der Waals surface area contributed by atoms with Crippen LogP contribution in [-0.2, 0) is 57.3 Å². The largest absolute Gasteiger partial charge is 0.810 e. The summed E-state index contributed by atoms with van der Waals surface area (Å²) in [5.41, 5.74) is 92.0. The van der Waals surface area contributed by atoms with Crippen LogP contribution < -0.4 is 155 Å². The van der Waals surface area contributed by atoms with E-state index in [1.165, 1.54) is 4.90 Å². The molecule has 0 saturated carbocycles. The molecule has 2 fully saturated rings. The quantitative estimate of drug-likeness (QED) is 0.00671. The number of likely N-dealkylation sites (N-methyl/N-ethyl adjacent to an activating group) is 2. The molecule has 0 aromatic rings. The first-order chi connectivity index (χ1) is 57.2. The Morgan fingerprint density at radius 2 is 0.612 bits per heavy atom. The Morgan fingerprint density at radius 3 is 0.860 bits per heavy atom. The summed E-state index contributed by atoms with van der Waals surface area (Å²) in [6.45, 7) is 7.76. The van der Waals surface area contributed by atoms with Gasteiger partial charge in [0.05, 0.1) is 19.1 Å². The molecule has 2 aliphatic heterocycles. The van der Waals surface area contributed by atoms with E-state index in [4.69, 9.17) is 91.7 Å². The first-order valence-electron chi connectivity index (χ1n) is 39.8. The number of guanidine groups is 8. The summed E-state index contributed by atoms with van der Waals surface area (Å²) >= 11 is 0. The van der Waals surface area contributed by atoms with Crippen molar-refractivity contribution in [2.45, 2.75) is 171 Å². The molecule has 10 amide bonds. The number of hydrogen-bond donors (Lipinski definition) is 26. The fourth-order valence-electron chi connectivity index (χ4n) is 12.0. The van der Waals surface area contributed by atoms with Crippen molar-refractivity contribution >= 4 is 121 Å². The van der Waals surface area contributed by atoms with Crippen molar-refractivity contribution in [2.75, 3.05) is 137 Å². The maximum atomic E-state index is 15.0. The number of nitrogens with zero attached hydrogens (tertiary/aromatic N) is 13. The lowest BCUT2D eigenvalue weighted by Crippen LogP contribution is -2.60. The summed E-state index contributed by atoms with van der Waals surface area (Å²) in [5, 5.41) is 24.7. The summed E-state index contributed by atoms with van der Waals surface area (Å²) in [5.74, 6) is -11.0. The fraction of sp³-hybridized carbons (Fsp3) is 0.716. The van der Waals surface area contributed by atoms with Crippen LogP contribution in [0.1, 0.15) is 117 Å². The van der Waals surface area contributed by atoms with E-state index in [0.717, 1.165) is 5.01 Å². The average molecular weight is 1740 g/mol. The van der Waals surface area contributed by atoms with Gasteiger partial charge in [0, 0.05) is 111 Å². The van der Waals surface area contributed by atoms with Gasteiger partial charge in [-0.1, -0.05) is 21.4 Å². The van der Waals surface area contributed by atoms with Gasteiger partial charge in [-0.25, -0.2) is 10.4 Å². The molecule has 0 bridgehead atoms. The molecule has 54 heteroatoms. The van der Waals surface area contributed by atoms with Gasteiger partial charge < -0.3 is 169 Å². The molecule has 121 heavy (non-hydrogen) atoms. The second-order valence-corrected chi connectivity index (χ2v) is 29.9. The summed E-state index contributed by atoms with van der Waals surface area (Å²) < 4.78 is 11.9. The lowest BCUT2D eigenvalue weighted by Gasteiger charge is -2.38. The molecule has 686 valence electrons. The van der Waals surface area contributed by atoms with E-state index in [1.807, 2.05) is 13.8 Å². The number of amides is 10. The van der Waals surface area contributed by atoms with Crippen molar-refractivity contribution in [1.29, 1.82) is 0 Å². The molecular formula is C67H132N39O14P-2. The third-order valence-corrected chi connectivity index (χ3v) is 19.2. The average Bonchev–Trinajstić information content (AvgIpc) is 1.64. The van der Waals surface area contributed by atoms with Gasteiger partial charge in [-0.05, 0) is 116 Å². The number of carbonyl (C=O) groups is 11. The smallest absolute Gasteiger partial charge is 0.284 e. The first-order valence-corrected chi connectivity index (χ1v) is 41.5. The topological polar surface area (TPSA) is 902 Å². The number of carbonyl (C=O) groups excluding carboxylic acids is 11. The maximum Gasteiger partial charge on any atom is 0.284 e. The minimum atomic E-state index is -4.94. The molecule has 0 aliphatic carbocycles. The standard InChI is InChI=1S/C67H134N39O14P/c1-3-102-29-30-103(4-2)32-35-105(40-121(118,119)120)36-34-104(33-31-102)38-50(109)101-51-59(117)106(51)92-37-49(108)94-42(14-6-22-85-61(70)71)53(111)96-44(16-8-24-87-63(74)75)55(113)98-46(18-10-26-89-65(78)79)57(115)100-48(20-12-28-91-67(82)83)58(116)99-47(19-11-27-90-66(80)81)56(114)97-45(17-9-25-88-64(76)77)54(112)95-43(15-7-23-86-62(72)73)52(110)93-41(39-107)13-5-21-84-60(68)69/h39,41-48,51,92H,3-38,40H2,1-2H3,(H,93,110)(H,94,108)(H,95,112)(H,96,111)(H,97,114)(H,98,113)(H,99,116)(H,100,115)(H,101,109)(H4,68,69,84)(H4,70,71,85)(H4,72,73,86)(H4,74,75,87)(H4,76,77,88)(H4,78,79,89)(H4,80,81,90)(H4,82,83,91)(H2,118,119,120)/p-2/t41-,42-,43+,44+,45-,46+,47+,48+,51?,106?/m1/s1. The van der Waals surface area contributed by atoms with E-state index in [0.29, 0.717) is 58.6 Å². The molecule has 9 atom stereocenters. The third kappa shape index (κ3) is 49.0. The Balaban J connectivity index is 2.63. The molecule has 2 aliphatic rings. The predicted molar refractivity (Wildman–Crippen MR) is 452 cm³/mol.